The van der Waals surface area contributed by atoms with Crippen LogP contribution < -0.4 is 14.7 Å². The molecule has 2 aliphatic rings. The molecule has 0 fully saturated rings. The van der Waals surface area contributed by atoms with Gasteiger partial charge in [-0.25, -0.2) is 9.67 Å². The summed E-state index contributed by atoms with van der Waals surface area (Å²) in [5.74, 6) is 1.50. The van der Waals surface area contributed by atoms with Gasteiger partial charge >= 0.3 is 0 Å². The highest BCUT2D eigenvalue weighted by molar-refractivity contribution is 8.18. The third-order valence-corrected chi connectivity index (χ3v) is 10.9. The Bertz CT molecular complexity index is 1590. The average molecular weight is 511 g/mol. The van der Waals surface area contributed by atoms with Crippen molar-refractivity contribution in [2.24, 2.45) is 4.99 Å². The molecule has 3 heterocycles. The highest BCUT2D eigenvalue weighted by Crippen LogP contribution is 2.62. The Balaban J connectivity index is 1.64. The van der Waals surface area contributed by atoms with Crippen molar-refractivity contribution in [1.29, 1.82) is 0 Å². The van der Waals surface area contributed by atoms with Crippen LogP contribution in [0.25, 0.3) is 5.69 Å². The highest BCUT2D eigenvalue weighted by atomic mass is 32.4. The molecule has 0 radical (unpaired) electrons. The molecule has 0 aliphatic carbocycles. The van der Waals surface area contributed by atoms with Gasteiger partial charge < -0.3 is 9.42 Å². The van der Waals surface area contributed by atoms with Gasteiger partial charge in [-0.15, -0.1) is 0 Å². The Labute approximate surface area is 216 Å². The fraction of sp³-hybridized carbons (Fsp3) is 0.172. The van der Waals surface area contributed by atoms with Crippen LogP contribution in [0, 0.1) is 6.92 Å². The number of hydrogen-bond acceptors (Lipinski definition) is 5. The zero-order chi connectivity index (χ0) is 25.1. The van der Waals surface area contributed by atoms with E-state index in [-0.39, 0.29) is 5.41 Å². The minimum Gasteiger partial charge on any atom is -0.457 e. The standard InChI is InChI=1S/C29H27N4OPS/c1-20-26-28(33(31-20)21-13-7-5-8-14-21)30-19-25(35(26,36)34-22-15-9-6-10-16-22)27-29(2,3)23-17-11-12-18-24(23)32(27)4/h5-19H,1-4H3. The van der Waals surface area contributed by atoms with Crippen LogP contribution in [0.15, 0.2) is 101 Å². The van der Waals surface area contributed by atoms with Crippen LogP contribution in [0.1, 0.15) is 25.1 Å². The zero-order valence-electron chi connectivity index (χ0n) is 20.7. The number of aliphatic imine (C=N–C) groups is 1. The van der Waals surface area contributed by atoms with Crippen LogP contribution in [0.3, 0.4) is 0 Å². The average Bonchev–Trinajstić information content (AvgIpc) is 3.33. The number of para-hydroxylation sites is 3. The molecule has 0 N–H and O–H groups in total. The SMILES string of the molecule is Cc1nn(-c2ccccc2)c2c1P(=S)(Oc1ccccc1)C(=C1N(C)c3ccccc3C1(C)C)C=N2. The number of nitrogens with zero attached hydrogens (tertiary/aromatic N) is 4. The predicted molar refractivity (Wildman–Crippen MR) is 152 cm³/mol. The smallest absolute Gasteiger partial charge is 0.180 e. The molecular weight excluding hydrogens is 483 g/mol. The van der Waals surface area contributed by atoms with Crippen molar-refractivity contribution in [1.82, 2.24) is 9.78 Å². The molecule has 1 atom stereocenters. The Morgan fingerprint density at radius 3 is 2.22 bits per heavy atom. The molecule has 0 bridgehead atoms. The lowest BCUT2D eigenvalue weighted by molar-refractivity contribution is 0.616. The van der Waals surface area contributed by atoms with E-state index in [0.717, 1.165) is 39.3 Å². The topological polar surface area (TPSA) is 42.6 Å². The van der Waals surface area contributed by atoms with Crippen molar-refractivity contribution in [3.05, 3.63) is 107 Å². The number of aromatic nitrogens is 2. The van der Waals surface area contributed by atoms with E-state index >= 15 is 0 Å². The molecule has 1 aromatic heterocycles. The minimum absolute atomic E-state index is 0.266. The fourth-order valence-corrected chi connectivity index (χ4v) is 9.37. The van der Waals surface area contributed by atoms with Crippen LogP contribution in [-0.4, -0.2) is 23.0 Å². The molecule has 0 saturated heterocycles. The largest absolute Gasteiger partial charge is 0.457 e. The first-order valence-electron chi connectivity index (χ1n) is 12.0. The van der Waals surface area contributed by atoms with E-state index < -0.39 is 6.26 Å². The molecule has 180 valence electrons. The molecule has 1 unspecified atom stereocenters. The maximum absolute atomic E-state index is 6.86. The minimum atomic E-state index is -2.83. The zero-order valence-corrected chi connectivity index (χ0v) is 22.4. The molecule has 0 saturated carbocycles. The molecule has 7 heteroatoms. The fourth-order valence-electron chi connectivity index (χ4n) is 5.41. The van der Waals surface area contributed by atoms with Crippen LogP contribution in [0.4, 0.5) is 11.5 Å². The van der Waals surface area contributed by atoms with Gasteiger partial charge in [0.25, 0.3) is 0 Å². The van der Waals surface area contributed by atoms with Crippen LogP contribution >= 0.6 is 6.26 Å². The number of benzene rings is 3. The summed E-state index contributed by atoms with van der Waals surface area (Å²) < 4.78 is 8.75. The highest BCUT2D eigenvalue weighted by Gasteiger charge is 2.46. The molecule has 5 nitrogen and oxygen atoms in total. The van der Waals surface area contributed by atoms with Crippen molar-refractivity contribution in [3.8, 4) is 11.4 Å². The van der Waals surface area contributed by atoms with Crippen LogP contribution in [0.2, 0.25) is 0 Å². The summed E-state index contributed by atoms with van der Waals surface area (Å²) in [5, 5.41) is 6.78. The van der Waals surface area contributed by atoms with E-state index in [4.69, 9.17) is 26.4 Å². The molecular formula is C29H27N4OPS. The summed E-state index contributed by atoms with van der Waals surface area (Å²) in [6.07, 6.45) is -0.892. The van der Waals surface area contributed by atoms with Gasteiger partial charge in [-0.2, -0.15) is 5.10 Å². The molecule has 2 aliphatic heterocycles. The number of anilines is 1. The van der Waals surface area contributed by atoms with Crippen LogP contribution in [-0.2, 0) is 17.2 Å². The first-order valence-corrected chi connectivity index (χ1v) is 14.7. The third kappa shape index (κ3) is 3.32. The maximum atomic E-state index is 6.86. The second-order valence-corrected chi connectivity index (χ2v) is 13.4. The van der Waals surface area contributed by atoms with Gasteiger partial charge in [-0.05, 0) is 54.6 Å². The summed E-state index contributed by atoms with van der Waals surface area (Å²) >= 11 is 6.63. The summed E-state index contributed by atoms with van der Waals surface area (Å²) in [5.41, 5.74) is 5.11. The summed E-state index contributed by atoms with van der Waals surface area (Å²) in [4.78, 5) is 7.25. The van der Waals surface area contributed by atoms with Crippen molar-refractivity contribution in [2.45, 2.75) is 26.2 Å². The third-order valence-electron chi connectivity index (χ3n) is 7.01. The van der Waals surface area contributed by atoms with Gasteiger partial charge in [-0.1, -0.05) is 68.4 Å². The van der Waals surface area contributed by atoms with Gasteiger partial charge in [0.2, 0.25) is 0 Å². The monoisotopic (exact) mass is 510 g/mol. The molecule has 6 rings (SSSR count). The Morgan fingerprint density at radius 2 is 1.53 bits per heavy atom. The van der Waals surface area contributed by atoms with E-state index in [0.29, 0.717) is 0 Å². The second-order valence-electron chi connectivity index (χ2n) is 9.65. The van der Waals surface area contributed by atoms with E-state index in [9.17, 15) is 0 Å². The van der Waals surface area contributed by atoms with E-state index in [2.05, 4.69) is 50.1 Å². The van der Waals surface area contributed by atoms with Gasteiger partial charge in [0, 0.05) is 30.1 Å². The first kappa shape index (κ1) is 23.0. The van der Waals surface area contributed by atoms with Crippen molar-refractivity contribution < 1.29 is 4.52 Å². The van der Waals surface area contributed by atoms with Gasteiger partial charge in [0.05, 0.1) is 22.0 Å². The van der Waals surface area contributed by atoms with Crippen molar-refractivity contribution in [3.63, 3.8) is 0 Å². The van der Waals surface area contributed by atoms with Gasteiger partial charge in [0.1, 0.15) is 5.75 Å². The maximum Gasteiger partial charge on any atom is 0.180 e. The first-order chi connectivity index (χ1) is 17.3. The number of rotatable bonds is 3. The Morgan fingerprint density at radius 1 is 0.889 bits per heavy atom. The molecule has 0 amide bonds. The number of allylic oxidation sites excluding steroid dienone is 2. The van der Waals surface area contributed by atoms with E-state index in [1.165, 1.54) is 11.3 Å². The van der Waals surface area contributed by atoms with Crippen molar-refractivity contribution in [2.75, 3.05) is 11.9 Å². The summed E-state index contributed by atoms with van der Waals surface area (Å²) in [6.45, 7) is 6.52. The molecule has 36 heavy (non-hydrogen) atoms. The van der Waals surface area contributed by atoms with Crippen molar-refractivity contribution >= 4 is 41.1 Å². The number of fused-ring (bicyclic) bond motifs is 2. The summed E-state index contributed by atoms with van der Waals surface area (Å²) in [7, 11) is 2.11. The Hall–Kier alpha value is -3.47. The van der Waals surface area contributed by atoms with E-state index in [1.807, 2.05) is 78.5 Å². The van der Waals surface area contributed by atoms with E-state index in [1.54, 1.807) is 0 Å². The normalized spacial score (nSPS) is 21.8. The Kier molecular flexibility index (Phi) is 5.29. The molecule has 3 aromatic carbocycles. The van der Waals surface area contributed by atoms with Gasteiger partial charge in [-0.3, -0.25) is 0 Å². The quantitative estimate of drug-likeness (QED) is 0.290. The lowest BCUT2D eigenvalue weighted by atomic mass is 9.84. The number of likely N-dealkylation sites (N-methyl/N-ethyl adjacent to an activating group) is 1. The number of hydrogen-bond donors (Lipinski definition) is 0. The molecule has 4 aromatic rings. The second kappa shape index (κ2) is 8.29. The lowest BCUT2D eigenvalue weighted by Crippen LogP contribution is -2.29. The summed E-state index contributed by atoms with van der Waals surface area (Å²) in [6, 6.07) is 28.5. The molecule has 0 spiro atoms. The van der Waals surface area contributed by atoms with Gasteiger partial charge in [0.15, 0.2) is 12.1 Å². The number of aryl methyl sites for hydroxylation is 1. The lowest BCUT2D eigenvalue weighted by Gasteiger charge is -2.34. The van der Waals surface area contributed by atoms with Crippen LogP contribution in [0.5, 0.6) is 5.75 Å². The predicted octanol–water partition coefficient (Wildman–Crippen LogP) is 6.63.